The lowest BCUT2D eigenvalue weighted by Crippen LogP contribution is -2.11. The van der Waals surface area contributed by atoms with Crippen molar-refractivity contribution in [3.8, 4) is 0 Å². The Morgan fingerprint density at radius 3 is 2.62 bits per heavy atom. The van der Waals surface area contributed by atoms with Crippen LogP contribution >= 0.6 is 0 Å². The molecular weight excluding hydrogens is 312 g/mol. The molecule has 1 saturated carbocycles. The van der Waals surface area contributed by atoms with Crippen molar-refractivity contribution < 1.29 is 0 Å². The Bertz CT molecular complexity index is 722. The maximum atomic E-state index is 3.27. The molecule has 1 fully saturated rings. The first-order valence-electron chi connectivity index (χ1n) is 10.5. The third-order valence-corrected chi connectivity index (χ3v) is 6.61. The number of aryl methyl sites for hydroxylation is 1. The summed E-state index contributed by atoms with van der Waals surface area (Å²) in [6.45, 7) is 9.31. The SMILES string of the molecule is CCc1ccc(C(C)C(CC)CC2CC2/C2=C(C)/C=C\C=C=CC2)cc1. The Morgan fingerprint density at radius 2 is 1.92 bits per heavy atom. The normalized spacial score (nSPS) is 28.3. The van der Waals surface area contributed by atoms with Gasteiger partial charge in [0.2, 0.25) is 0 Å². The molecule has 2 aliphatic carbocycles. The molecule has 3 rings (SSSR count). The first kappa shape index (κ1) is 19.0. The third-order valence-electron chi connectivity index (χ3n) is 6.61. The van der Waals surface area contributed by atoms with Crippen molar-refractivity contribution in [2.24, 2.45) is 17.8 Å². The van der Waals surface area contributed by atoms with Gasteiger partial charge in [0.25, 0.3) is 0 Å². The van der Waals surface area contributed by atoms with Crippen molar-refractivity contribution in [2.45, 2.75) is 65.7 Å². The minimum absolute atomic E-state index is 0.655. The van der Waals surface area contributed by atoms with Gasteiger partial charge in [-0.3, -0.25) is 0 Å². The highest BCUT2D eigenvalue weighted by Crippen LogP contribution is 2.52. The Kier molecular flexibility index (Phi) is 6.38. The quantitative estimate of drug-likeness (QED) is 0.451. The van der Waals surface area contributed by atoms with Crippen LogP contribution in [0, 0.1) is 17.8 Å². The zero-order valence-electron chi connectivity index (χ0n) is 17.0. The van der Waals surface area contributed by atoms with Gasteiger partial charge in [-0.25, -0.2) is 0 Å². The monoisotopic (exact) mass is 346 g/mol. The molecule has 1 aromatic rings. The highest BCUT2D eigenvalue weighted by atomic mass is 14.5. The molecule has 4 atom stereocenters. The van der Waals surface area contributed by atoms with Crippen molar-refractivity contribution in [2.75, 3.05) is 0 Å². The van der Waals surface area contributed by atoms with Crippen molar-refractivity contribution in [1.82, 2.24) is 0 Å². The van der Waals surface area contributed by atoms with Crippen molar-refractivity contribution in [3.63, 3.8) is 0 Å². The van der Waals surface area contributed by atoms with E-state index >= 15 is 0 Å². The Balaban J connectivity index is 1.64. The summed E-state index contributed by atoms with van der Waals surface area (Å²) < 4.78 is 0. The van der Waals surface area contributed by atoms with E-state index in [4.69, 9.17) is 0 Å². The molecule has 0 bridgehead atoms. The van der Waals surface area contributed by atoms with Crippen LogP contribution in [0.3, 0.4) is 0 Å². The fourth-order valence-electron chi connectivity index (χ4n) is 4.57. The number of allylic oxidation sites excluding steroid dienone is 5. The Morgan fingerprint density at radius 1 is 1.15 bits per heavy atom. The van der Waals surface area contributed by atoms with Crippen molar-refractivity contribution >= 4 is 0 Å². The third kappa shape index (κ3) is 4.49. The van der Waals surface area contributed by atoms with E-state index in [0.717, 1.165) is 30.6 Å². The summed E-state index contributed by atoms with van der Waals surface area (Å²) in [5.74, 6) is 3.13. The van der Waals surface area contributed by atoms with E-state index in [1.54, 1.807) is 5.57 Å². The van der Waals surface area contributed by atoms with Gasteiger partial charge in [0, 0.05) is 0 Å². The van der Waals surface area contributed by atoms with Gasteiger partial charge < -0.3 is 0 Å². The summed E-state index contributed by atoms with van der Waals surface area (Å²) in [5.41, 5.74) is 9.35. The van der Waals surface area contributed by atoms with Crippen molar-refractivity contribution in [1.29, 1.82) is 0 Å². The smallest absolute Gasteiger partial charge is 0.00540 e. The zero-order valence-corrected chi connectivity index (χ0v) is 17.0. The second-order valence-corrected chi connectivity index (χ2v) is 8.20. The fourth-order valence-corrected chi connectivity index (χ4v) is 4.57. The van der Waals surface area contributed by atoms with Gasteiger partial charge in [-0.1, -0.05) is 74.8 Å². The molecule has 0 amide bonds. The lowest BCUT2D eigenvalue weighted by atomic mass is 9.81. The van der Waals surface area contributed by atoms with Gasteiger partial charge in [0.1, 0.15) is 0 Å². The van der Waals surface area contributed by atoms with E-state index in [-0.39, 0.29) is 0 Å². The second-order valence-electron chi connectivity index (χ2n) is 8.20. The molecule has 0 N–H and O–H groups in total. The summed E-state index contributed by atoms with van der Waals surface area (Å²) in [6, 6.07) is 9.35. The molecule has 2 aliphatic rings. The molecule has 0 saturated heterocycles. The largest absolute Gasteiger partial charge is 0.125 e. The van der Waals surface area contributed by atoms with Crippen LogP contribution in [0.4, 0.5) is 0 Å². The molecule has 4 unspecified atom stereocenters. The van der Waals surface area contributed by atoms with Gasteiger partial charge in [0.15, 0.2) is 0 Å². The van der Waals surface area contributed by atoms with Gasteiger partial charge in [-0.05, 0) is 79.6 Å². The fraction of sp³-hybridized carbons (Fsp3) is 0.500. The molecule has 0 spiro atoms. The van der Waals surface area contributed by atoms with Gasteiger partial charge in [-0.15, -0.1) is 5.73 Å². The maximum Gasteiger partial charge on any atom is -0.00540 e. The molecular formula is C26H34. The van der Waals surface area contributed by atoms with Crippen LogP contribution in [0.5, 0.6) is 0 Å². The molecule has 0 radical (unpaired) electrons. The molecule has 0 aliphatic heterocycles. The molecule has 138 valence electrons. The van der Waals surface area contributed by atoms with E-state index in [9.17, 15) is 0 Å². The van der Waals surface area contributed by atoms with E-state index in [2.05, 4.69) is 75.9 Å². The van der Waals surface area contributed by atoms with Crippen LogP contribution in [0.25, 0.3) is 0 Å². The van der Waals surface area contributed by atoms with Crippen LogP contribution in [0.2, 0.25) is 0 Å². The molecule has 0 aromatic heterocycles. The number of rotatable bonds is 7. The molecule has 1 aromatic carbocycles. The number of hydrogen-bond donors (Lipinski definition) is 0. The van der Waals surface area contributed by atoms with Crippen LogP contribution in [-0.2, 0) is 6.42 Å². The Labute approximate surface area is 160 Å². The standard InChI is InChI=1S/C26H34/c1-5-21-13-15-23(16-14-21)20(4)22(6-2)17-24-18-26(24)25-12-10-8-7-9-11-19(25)3/h7,9-11,13-16,20,22,24,26H,5-6,12,17-18H2,1-4H3/b11-9-,25-19+. The maximum absolute atomic E-state index is 3.27. The molecule has 0 nitrogen and oxygen atoms in total. The zero-order chi connectivity index (χ0) is 18.5. The average Bonchev–Trinajstić information content (AvgIpc) is 3.41. The van der Waals surface area contributed by atoms with Crippen LogP contribution in [-0.4, -0.2) is 0 Å². The highest BCUT2D eigenvalue weighted by molar-refractivity contribution is 5.34. The Hall–Kier alpha value is -1.78. The predicted molar refractivity (Wildman–Crippen MR) is 113 cm³/mol. The van der Waals surface area contributed by atoms with Crippen molar-refractivity contribution in [3.05, 3.63) is 76.6 Å². The molecule has 26 heavy (non-hydrogen) atoms. The lowest BCUT2D eigenvalue weighted by molar-refractivity contribution is 0.375. The van der Waals surface area contributed by atoms with Gasteiger partial charge >= 0.3 is 0 Å². The van der Waals surface area contributed by atoms with Gasteiger partial charge in [0.05, 0.1) is 0 Å². The van der Waals surface area contributed by atoms with Crippen LogP contribution in [0.1, 0.15) is 70.4 Å². The van der Waals surface area contributed by atoms with E-state index in [0.29, 0.717) is 5.92 Å². The number of benzene rings is 1. The highest BCUT2D eigenvalue weighted by Gasteiger charge is 2.41. The summed E-state index contributed by atoms with van der Waals surface area (Å²) in [6.07, 6.45) is 14.9. The topological polar surface area (TPSA) is 0 Å². The van der Waals surface area contributed by atoms with E-state index in [1.807, 2.05) is 6.08 Å². The average molecular weight is 347 g/mol. The summed E-state index contributed by atoms with van der Waals surface area (Å²) in [5, 5.41) is 0. The number of hydrogen-bond acceptors (Lipinski definition) is 0. The second kappa shape index (κ2) is 8.74. The first-order valence-corrected chi connectivity index (χ1v) is 10.5. The minimum atomic E-state index is 0.655. The van der Waals surface area contributed by atoms with E-state index < -0.39 is 0 Å². The summed E-state index contributed by atoms with van der Waals surface area (Å²) in [7, 11) is 0. The lowest BCUT2D eigenvalue weighted by Gasteiger charge is -2.24. The minimum Gasteiger partial charge on any atom is -0.125 e. The summed E-state index contributed by atoms with van der Waals surface area (Å²) in [4.78, 5) is 0. The van der Waals surface area contributed by atoms with E-state index in [1.165, 1.54) is 36.0 Å². The van der Waals surface area contributed by atoms with Crippen LogP contribution in [0.15, 0.2) is 65.4 Å². The molecule has 0 heteroatoms. The van der Waals surface area contributed by atoms with Gasteiger partial charge in [-0.2, -0.15) is 0 Å². The van der Waals surface area contributed by atoms with Crippen LogP contribution < -0.4 is 0 Å². The first-order chi connectivity index (χ1) is 12.6. The summed E-state index contributed by atoms with van der Waals surface area (Å²) >= 11 is 0. The predicted octanol–water partition coefficient (Wildman–Crippen LogP) is 7.39. The molecule has 0 heterocycles.